The summed E-state index contributed by atoms with van der Waals surface area (Å²) >= 11 is 6.78. The second kappa shape index (κ2) is 3.48. The van der Waals surface area contributed by atoms with E-state index in [2.05, 4.69) is 32.3 Å². The minimum absolute atomic E-state index is 0.928. The van der Waals surface area contributed by atoms with Crippen molar-refractivity contribution in [3.8, 4) is 0 Å². The fraction of sp³-hybridized carbons (Fsp3) is 0.750. The van der Waals surface area contributed by atoms with Gasteiger partial charge in [0.2, 0.25) is 5.63 Å². The zero-order valence-corrected chi connectivity index (χ0v) is 7.25. The van der Waals surface area contributed by atoms with Crippen molar-refractivity contribution < 1.29 is 18.3 Å². The Morgan fingerprint density at radius 3 is 2.40 bits per heavy atom. The summed E-state index contributed by atoms with van der Waals surface area (Å²) in [5.41, 5.74) is -2.46. The Bertz CT molecular complexity index is 139. The molecular formula is C4H4BrClF2O2. The Labute approximate surface area is 69.6 Å². The molecule has 2 atom stereocenters. The molecule has 0 saturated heterocycles. The van der Waals surface area contributed by atoms with Gasteiger partial charge in [-0.3, -0.25) is 0 Å². The molecule has 0 aliphatic heterocycles. The van der Waals surface area contributed by atoms with Crippen molar-refractivity contribution in [2.75, 3.05) is 7.11 Å². The molecule has 2 unspecified atom stereocenters. The first-order chi connectivity index (χ1) is 4.42. The first-order valence-electron chi connectivity index (χ1n) is 2.17. The standard InChI is InChI=1S/C4H4BrClF2O2/c1-10-3(9)4(5,8)2(6)7/h2H,1H3. The van der Waals surface area contributed by atoms with E-state index >= 15 is 0 Å². The van der Waals surface area contributed by atoms with Crippen molar-refractivity contribution in [3.05, 3.63) is 0 Å². The van der Waals surface area contributed by atoms with Crippen LogP contribution in [0.15, 0.2) is 0 Å². The molecule has 60 valence electrons. The fourth-order valence-electron chi connectivity index (χ4n) is 0.225. The fourth-order valence-corrected chi connectivity index (χ4v) is 0.476. The number of halogens is 4. The number of methoxy groups -OCH3 is 1. The normalized spacial score (nSPS) is 19.3. The molecule has 0 aromatic rings. The lowest BCUT2D eigenvalue weighted by Crippen LogP contribution is -2.34. The second-order valence-electron chi connectivity index (χ2n) is 1.42. The van der Waals surface area contributed by atoms with Gasteiger partial charge in [-0.15, -0.1) is 0 Å². The summed E-state index contributed by atoms with van der Waals surface area (Å²) in [5.74, 6) is -1.39. The Hall–Kier alpha value is 0.1000. The molecule has 0 saturated carbocycles. The number of ether oxygens (including phenoxy) is 1. The highest BCUT2D eigenvalue weighted by Gasteiger charge is 2.45. The van der Waals surface area contributed by atoms with Gasteiger partial charge in [-0.1, -0.05) is 11.6 Å². The van der Waals surface area contributed by atoms with Gasteiger partial charge < -0.3 is 4.74 Å². The molecule has 0 aromatic heterocycles. The molecule has 0 aliphatic rings. The summed E-state index contributed by atoms with van der Waals surface area (Å²) in [4.78, 5) is 10.3. The molecule has 0 aliphatic carbocycles. The average Bonchev–Trinajstić information content (AvgIpc) is 1.86. The monoisotopic (exact) mass is 236 g/mol. The van der Waals surface area contributed by atoms with Crippen molar-refractivity contribution in [1.29, 1.82) is 0 Å². The molecule has 0 heterocycles. The van der Waals surface area contributed by atoms with Gasteiger partial charge in [-0.05, 0) is 15.9 Å². The van der Waals surface area contributed by atoms with Crippen LogP contribution in [0.3, 0.4) is 0 Å². The Morgan fingerprint density at radius 1 is 1.90 bits per heavy atom. The van der Waals surface area contributed by atoms with Gasteiger partial charge in [-0.25, -0.2) is 13.6 Å². The summed E-state index contributed by atoms with van der Waals surface area (Å²) in [7, 11) is 0.928. The zero-order valence-electron chi connectivity index (χ0n) is 4.91. The van der Waals surface area contributed by atoms with E-state index in [1.807, 2.05) is 0 Å². The lowest BCUT2D eigenvalue weighted by molar-refractivity contribution is -0.149. The van der Waals surface area contributed by atoms with E-state index in [0.717, 1.165) is 7.11 Å². The molecule has 0 bridgehead atoms. The SMILES string of the molecule is COC(=O)C(F)(Br)C(F)Cl. The van der Waals surface area contributed by atoms with Crippen LogP contribution in [0.25, 0.3) is 0 Å². The van der Waals surface area contributed by atoms with E-state index in [9.17, 15) is 13.6 Å². The number of rotatable bonds is 2. The molecule has 0 aromatic carbocycles. The van der Waals surface area contributed by atoms with Gasteiger partial charge in [0.15, 0.2) is 0 Å². The van der Waals surface area contributed by atoms with Gasteiger partial charge in [0.25, 0.3) is 0 Å². The third-order valence-corrected chi connectivity index (χ3v) is 2.02. The summed E-state index contributed by atoms with van der Waals surface area (Å²) in [6, 6.07) is 0. The molecule has 0 spiro atoms. The van der Waals surface area contributed by atoms with E-state index < -0.39 is 16.2 Å². The second-order valence-corrected chi connectivity index (χ2v) is 2.95. The van der Waals surface area contributed by atoms with E-state index in [4.69, 9.17) is 0 Å². The Balaban J connectivity index is 4.24. The van der Waals surface area contributed by atoms with Crippen molar-refractivity contribution in [3.63, 3.8) is 0 Å². The Morgan fingerprint density at radius 2 is 2.30 bits per heavy atom. The number of carbonyl (C=O) groups excluding carboxylic acids is 1. The smallest absolute Gasteiger partial charge is 0.359 e. The van der Waals surface area contributed by atoms with Gasteiger partial charge in [0.05, 0.1) is 7.11 Å². The van der Waals surface area contributed by atoms with Crippen LogP contribution in [-0.2, 0) is 9.53 Å². The molecular weight excluding hydrogens is 233 g/mol. The molecule has 0 rings (SSSR count). The minimum Gasteiger partial charge on any atom is -0.466 e. The lowest BCUT2D eigenvalue weighted by Gasteiger charge is -2.14. The van der Waals surface area contributed by atoms with Gasteiger partial charge in [-0.2, -0.15) is 0 Å². The van der Waals surface area contributed by atoms with Crippen LogP contribution in [0.2, 0.25) is 0 Å². The van der Waals surface area contributed by atoms with Crippen LogP contribution in [0.1, 0.15) is 0 Å². The molecule has 10 heavy (non-hydrogen) atoms. The molecule has 0 N–H and O–H groups in total. The summed E-state index contributed by atoms with van der Waals surface area (Å²) in [6.45, 7) is 0. The largest absolute Gasteiger partial charge is 0.466 e. The van der Waals surface area contributed by atoms with Crippen molar-refractivity contribution >= 4 is 33.5 Å². The molecule has 0 amide bonds. The number of hydrogen-bond acceptors (Lipinski definition) is 2. The van der Waals surface area contributed by atoms with Crippen LogP contribution in [0.4, 0.5) is 8.78 Å². The maximum atomic E-state index is 12.5. The number of alkyl halides is 4. The van der Waals surface area contributed by atoms with Gasteiger partial charge in [0.1, 0.15) is 0 Å². The highest BCUT2D eigenvalue weighted by molar-refractivity contribution is 9.10. The number of carbonyl (C=O) groups is 1. The summed E-state index contributed by atoms with van der Waals surface area (Å²) in [5, 5.41) is 0. The number of hydrogen-bond donors (Lipinski definition) is 0. The van der Waals surface area contributed by atoms with E-state index in [1.54, 1.807) is 0 Å². The summed E-state index contributed by atoms with van der Waals surface area (Å²) < 4.78 is 25.5. The predicted octanol–water partition coefficient (Wildman–Crippen LogP) is 1.75. The van der Waals surface area contributed by atoms with Crippen molar-refractivity contribution in [1.82, 2.24) is 0 Å². The minimum atomic E-state index is -2.94. The van der Waals surface area contributed by atoms with Crippen molar-refractivity contribution in [2.45, 2.75) is 10.2 Å². The van der Waals surface area contributed by atoms with Crippen LogP contribution < -0.4 is 0 Å². The van der Waals surface area contributed by atoms with E-state index in [0.29, 0.717) is 0 Å². The lowest BCUT2D eigenvalue weighted by atomic mass is 10.4. The topological polar surface area (TPSA) is 26.3 Å². The van der Waals surface area contributed by atoms with Gasteiger partial charge in [0, 0.05) is 0 Å². The van der Waals surface area contributed by atoms with Gasteiger partial charge >= 0.3 is 10.5 Å². The van der Waals surface area contributed by atoms with E-state index in [-0.39, 0.29) is 0 Å². The van der Waals surface area contributed by atoms with Crippen LogP contribution in [0, 0.1) is 0 Å². The van der Waals surface area contributed by atoms with Crippen LogP contribution >= 0.6 is 27.5 Å². The average molecular weight is 237 g/mol. The highest BCUT2D eigenvalue weighted by atomic mass is 79.9. The quantitative estimate of drug-likeness (QED) is 0.540. The van der Waals surface area contributed by atoms with Crippen molar-refractivity contribution in [2.24, 2.45) is 0 Å². The third kappa shape index (κ3) is 2.05. The molecule has 6 heteroatoms. The molecule has 0 fully saturated rings. The zero-order chi connectivity index (χ0) is 8.36. The predicted molar refractivity (Wildman–Crippen MR) is 35.5 cm³/mol. The van der Waals surface area contributed by atoms with Crippen LogP contribution in [-0.4, -0.2) is 23.3 Å². The summed E-state index contributed by atoms with van der Waals surface area (Å²) in [6.07, 6.45) is 0. The first kappa shape index (κ1) is 10.1. The highest BCUT2D eigenvalue weighted by Crippen LogP contribution is 2.30. The molecule has 0 radical (unpaired) electrons. The maximum absolute atomic E-state index is 12.5. The first-order valence-corrected chi connectivity index (χ1v) is 3.40. The molecule has 2 nitrogen and oxygen atoms in total. The third-order valence-electron chi connectivity index (χ3n) is 0.732. The van der Waals surface area contributed by atoms with E-state index in [1.165, 1.54) is 0 Å². The Kier molecular flexibility index (Phi) is 3.51. The van der Waals surface area contributed by atoms with Crippen LogP contribution in [0.5, 0.6) is 0 Å². The maximum Gasteiger partial charge on any atom is 0.359 e. The number of esters is 1.